The van der Waals surface area contributed by atoms with E-state index in [0.717, 1.165) is 24.0 Å². The van der Waals surface area contributed by atoms with Crippen LogP contribution in [0, 0.1) is 5.92 Å². The van der Waals surface area contributed by atoms with E-state index in [1.165, 1.54) is 6.07 Å². The number of hydrogen-bond acceptors (Lipinski definition) is 6. The number of amides is 1. The first-order chi connectivity index (χ1) is 17.0. The van der Waals surface area contributed by atoms with E-state index in [1.54, 1.807) is 41.0 Å². The van der Waals surface area contributed by atoms with E-state index in [9.17, 15) is 13.6 Å². The summed E-state index contributed by atoms with van der Waals surface area (Å²) in [5.41, 5.74) is 2.30. The molecule has 1 amide bonds. The fourth-order valence-corrected chi connectivity index (χ4v) is 4.18. The van der Waals surface area contributed by atoms with Crippen molar-refractivity contribution in [2.24, 2.45) is 5.92 Å². The third-order valence-corrected chi connectivity index (χ3v) is 6.10. The Kier molecular flexibility index (Phi) is 6.52. The molecule has 1 saturated carbocycles. The Morgan fingerprint density at radius 3 is 2.74 bits per heavy atom. The van der Waals surface area contributed by atoms with Gasteiger partial charge in [0.05, 0.1) is 24.9 Å². The second kappa shape index (κ2) is 9.89. The number of pyridine rings is 1. The summed E-state index contributed by atoms with van der Waals surface area (Å²) in [6, 6.07) is 10.3. The van der Waals surface area contributed by atoms with Crippen molar-refractivity contribution < 1.29 is 27.8 Å². The van der Waals surface area contributed by atoms with Gasteiger partial charge in [-0.2, -0.15) is 13.9 Å². The molecule has 1 unspecified atom stereocenters. The molecule has 2 aliphatic rings. The minimum absolute atomic E-state index is 0.00472. The summed E-state index contributed by atoms with van der Waals surface area (Å²) in [4.78, 5) is 18.4. The van der Waals surface area contributed by atoms with Crippen LogP contribution in [0.1, 0.15) is 37.8 Å². The number of aromatic nitrogens is 3. The molecule has 0 spiro atoms. The summed E-state index contributed by atoms with van der Waals surface area (Å²) in [7, 11) is 0. The van der Waals surface area contributed by atoms with Gasteiger partial charge in [-0.3, -0.25) is 9.88 Å². The first kappa shape index (κ1) is 23.1. The number of alkyl halides is 2. The van der Waals surface area contributed by atoms with Crippen LogP contribution >= 0.6 is 0 Å². The summed E-state index contributed by atoms with van der Waals surface area (Å²) in [5.74, 6) is 1.33. The Morgan fingerprint density at radius 1 is 1.17 bits per heavy atom. The van der Waals surface area contributed by atoms with Gasteiger partial charge in [-0.05, 0) is 61.9 Å². The van der Waals surface area contributed by atoms with E-state index in [4.69, 9.17) is 19.3 Å². The van der Waals surface area contributed by atoms with Gasteiger partial charge in [0, 0.05) is 30.6 Å². The second-order valence-electron chi connectivity index (χ2n) is 8.57. The van der Waals surface area contributed by atoms with E-state index in [-0.39, 0.29) is 24.1 Å². The van der Waals surface area contributed by atoms with Crippen molar-refractivity contribution in [2.75, 3.05) is 24.7 Å². The topological polar surface area (TPSA) is 78.7 Å². The van der Waals surface area contributed by atoms with Crippen LogP contribution < -0.4 is 14.4 Å². The number of ether oxygens (including phenoxy) is 3. The van der Waals surface area contributed by atoms with E-state index in [0.29, 0.717) is 37.0 Å². The second-order valence-corrected chi connectivity index (χ2v) is 8.57. The van der Waals surface area contributed by atoms with Crippen LogP contribution in [0.25, 0.3) is 11.3 Å². The number of benzene rings is 1. The maximum Gasteiger partial charge on any atom is 0.415 e. The van der Waals surface area contributed by atoms with Crippen LogP contribution in [-0.2, 0) is 4.74 Å². The number of carbonyl (C=O) groups is 1. The molecular formula is C25H26F2N4O4. The van der Waals surface area contributed by atoms with Crippen LogP contribution in [0.4, 0.5) is 19.4 Å². The highest BCUT2D eigenvalue weighted by atomic mass is 19.3. The van der Waals surface area contributed by atoms with Gasteiger partial charge in [-0.25, -0.2) is 9.48 Å². The maximum atomic E-state index is 13.0. The minimum Gasteiger partial charge on any atom is -0.489 e. The van der Waals surface area contributed by atoms with Gasteiger partial charge >= 0.3 is 12.7 Å². The van der Waals surface area contributed by atoms with Crippen molar-refractivity contribution in [3.63, 3.8) is 0 Å². The predicted octanol–water partition coefficient (Wildman–Crippen LogP) is 5.29. The average molecular weight is 485 g/mol. The smallest absolute Gasteiger partial charge is 0.415 e. The van der Waals surface area contributed by atoms with Crippen molar-refractivity contribution in [3.8, 4) is 22.8 Å². The molecule has 0 bridgehead atoms. The van der Waals surface area contributed by atoms with Gasteiger partial charge in [0.15, 0.2) is 11.5 Å². The number of hydrogen-bond donors (Lipinski definition) is 0. The lowest BCUT2D eigenvalue weighted by atomic mass is 10.0. The number of nitrogens with zero attached hydrogens (tertiary/aromatic N) is 4. The highest BCUT2D eigenvalue weighted by Gasteiger charge is 2.33. The fraction of sp³-hybridized carbons (Fsp3) is 0.400. The Morgan fingerprint density at radius 2 is 2.03 bits per heavy atom. The molecule has 1 fully saturated rings. The van der Waals surface area contributed by atoms with Gasteiger partial charge in [-0.1, -0.05) is 6.07 Å². The molecule has 5 rings (SSSR count). The summed E-state index contributed by atoms with van der Waals surface area (Å²) in [5, 5.41) is 4.79. The SMILES string of the molecule is CCOC(=O)N1CCC(c2ccc(OC(F)F)c(OCC3CC3)c2)n2nc(-c3cccnc3)cc21. The summed E-state index contributed by atoms with van der Waals surface area (Å²) in [6.45, 7) is -0.0560. The fourth-order valence-electron chi connectivity index (χ4n) is 4.18. The number of fused-ring (bicyclic) bond motifs is 1. The predicted molar refractivity (Wildman–Crippen MR) is 124 cm³/mol. The summed E-state index contributed by atoms with van der Waals surface area (Å²) >= 11 is 0. The van der Waals surface area contributed by atoms with Crippen molar-refractivity contribution in [2.45, 2.75) is 38.8 Å². The monoisotopic (exact) mass is 484 g/mol. The molecule has 1 atom stereocenters. The highest BCUT2D eigenvalue weighted by molar-refractivity contribution is 5.88. The quantitative estimate of drug-likeness (QED) is 0.432. The molecule has 2 aromatic heterocycles. The molecular weight excluding hydrogens is 458 g/mol. The normalized spacial score (nSPS) is 17.3. The lowest BCUT2D eigenvalue weighted by molar-refractivity contribution is -0.0515. The van der Waals surface area contributed by atoms with Gasteiger partial charge in [0.2, 0.25) is 0 Å². The van der Waals surface area contributed by atoms with E-state index >= 15 is 0 Å². The molecule has 0 saturated heterocycles. The highest BCUT2D eigenvalue weighted by Crippen LogP contribution is 2.40. The standard InChI is InChI=1S/C25H26F2N4O4/c1-2-33-25(32)30-11-9-20(31-23(30)13-19(29-31)18-4-3-10-28-14-18)17-7-8-21(35-24(26)27)22(12-17)34-15-16-5-6-16/h3-4,7-8,10,12-14,16,20,24H,2,5-6,9,11,15H2,1H3. The molecule has 3 aromatic rings. The summed E-state index contributed by atoms with van der Waals surface area (Å²) in [6.07, 6.45) is 5.64. The van der Waals surface area contributed by atoms with Crippen molar-refractivity contribution in [1.29, 1.82) is 0 Å². The van der Waals surface area contributed by atoms with Crippen LogP contribution in [0.3, 0.4) is 0 Å². The average Bonchev–Trinajstić information content (AvgIpc) is 3.58. The molecule has 8 nitrogen and oxygen atoms in total. The zero-order chi connectivity index (χ0) is 24.4. The maximum absolute atomic E-state index is 13.0. The Bertz CT molecular complexity index is 1180. The lowest BCUT2D eigenvalue weighted by Gasteiger charge is -2.32. The lowest BCUT2D eigenvalue weighted by Crippen LogP contribution is -2.39. The molecule has 1 aliphatic heterocycles. The van der Waals surface area contributed by atoms with Crippen LogP contribution in [0.15, 0.2) is 48.8 Å². The van der Waals surface area contributed by atoms with E-state index in [2.05, 4.69) is 4.98 Å². The van der Waals surface area contributed by atoms with Crippen molar-refractivity contribution in [3.05, 3.63) is 54.4 Å². The van der Waals surface area contributed by atoms with E-state index in [1.807, 2.05) is 18.2 Å². The molecule has 35 heavy (non-hydrogen) atoms. The van der Waals surface area contributed by atoms with Crippen LogP contribution in [0.2, 0.25) is 0 Å². The summed E-state index contributed by atoms with van der Waals surface area (Å²) < 4.78 is 43.5. The molecule has 1 aliphatic carbocycles. The number of anilines is 1. The van der Waals surface area contributed by atoms with Crippen molar-refractivity contribution >= 4 is 11.9 Å². The van der Waals surface area contributed by atoms with E-state index < -0.39 is 12.7 Å². The van der Waals surface area contributed by atoms with Crippen LogP contribution in [0.5, 0.6) is 11.5 Å². The third kappa shape index (κ3) is 5.06. The number of carbonyl (C=O) groups excluding carboxylic acids is 1. The first-order valence-electron chi connectivity index (χ1n) is 11.7. The van der Waals surface area contributed by atoms with Gasteiger partial charge in [-0.15, -0.1) is 0 Å². The molecule has 0 N–H and O–H groups in total. The Hall–Kier alpha value is -3.69. The number of halogens is 2. The molecule has 1 aromatic carbocycles. The zero-order valence-corrected chi connectivity index (χ0v) is 19.3. The minimum atomic E-state index is -2.95. The molecule has 3 heterocycles. The largest absolute Gasteiger partial charge is 0.489 e. The van der Waals surface area contributed by atoms with Gasteiger partial charge < -0.3 is 14.2 Å². The number of rotatable bonds is 8. The van der Waals surface area contributed by atoms with Gasteiger partial charge in [0.1, 0.15) is 5.82 Å². The molecule has 10 heteroatoms. The third-order valence-electron chi connectivity index (χ3n) is 6.10. The Labute approximate surface area is 201 Å². The zero-order valence-electron chi connectivity index (χ0n) is 19.3. The first-order valence-corrected chi connectivity index (χ1v) is 11.7. The van der Waals surface area contributed by atoms with Gasteiger partial charge in [0.25, 0.3) is 0 Å². The van der Waals surface area contributed by atoms with Crippen molar-refractivity contribution in [1.82, 2.24) is 14.8 Å². The molecule has 184 valence electrons. The Balaban J connectivity index is 1.52. The molecule has 0 radical (unpaired) electrons. The van der Waals surface area contributed by atoms with Crippen LogP contribution in [-0.4, -0.2) is 47.2 Å².